The normalized spacial score (nSPS) is 40.5. The van der Waals surface area contributed by atoms with Gasteiger partial charge in [0.2, 0.25) is 0 Å². The number of phenolic OH excluding ortho intramolecular Hbond substituents is 1. The molecule has 2 heterocycles. The Kier molecular flexibility index (Phi) is 3.55. The van der Waals surface area contributed by atoms with Crippen molar-refractivity contribution in [2.24, 2.45) is 22.7 Å². The van der Waals surface area contributed by atoms with Crippen LogP contribution in [0.3, 0.4) is 0 Å². The van der Waals surface area contributed by atoms with Crippen LogP contribution in [0.15, 0.2) is 6.07 Å². The van der Waals surface area contributed by atoms with Gasteiger partial charge >= 0.3 is 0 Å². The van der Waals surface area contributed by atoms with E-state index in [1.807, 2.05) is 0 Å². The SMILES string of the molecule is C[C@@H]1CC[C@H]2C(C)(C)[C@H](O)CC[C@]2(C)[C@@]12Cc1c(O)cc3c(c1O2)C(=O)NC3. The molecule has 5 nitrogen and oxygen atoms in total. The fourth-order valence-electron chi connectivity index (χ4n) is 7.19. The Balaban J connectivity index is 1.66. The van der Waals surface area contributed by atoms with Gasteiger partial charge < -0.3 is 20.3 Å². The molecule has 0 unspecified atom stereocenters. The third-order valence-corrected chi connectivity index (χ3v) is 8.95. The Bertz CT molecular complexity index is 878. The minimum absolute atomic E-state index is 0.104. The van der Waals surface area contributed by atoms with E-state index < -0.39 is 5.60 Å². The Hall–Kier alpha value is -1.75. The molecule has 1 amide bonds. The highest BCUT2D eigenvalue weighted by atomic mass is 16.5. The van der Waals surface area contributed by atoms with Crippen molar-refractivity contribution in [3.8, 4) is 11.5 Å². The van der Waals surface area contributed by atoms with E-state index in [4.69, 9.17) is 4.74 Å². The van der Waals surface area contributed by atoms with Crippen molar-refractivity contribution >= 4 is 5.91 Å². The summed E-state index contributed by atoms with van der Waals surface area (Å²) in [5.74, 6) is 1.38. The summed E-state index contributed by atoms with van der Waals surface area (Å²) >= 11 is 0. The fourth-order valence-corrected chi connectivity index (χ4v) is 7.19. The molecule has 2 fully saturated rings. The second-order valence-corrected chi connectivity index (χ2v) is 10.4. The molecule has 2 aliphatic heterocycles. The van der Waals surface area contributed by atoms with Crippen molar-refractivity contribution in [3.63, 3.8) is 0 Å². The van der Waals surface area contributed by atoms with Crippen LogP contribution in [-0.4, -0.2) is 27.8 Å². The molecule has 3 N–H and O–H groups in total. The highest BCUT2D eigenvalue weighted by molar-refractivity contribution is 6.02. The van der Waals surface area contributed by atoms with E-state index in [9.17, 15) is 15.0 Å². The summed E-state index contributed by atoms with van der Waals surface area (Å²) in [6.45, 7) is 9.40. The maximum Gasteiger partial charge on any atom is 0.255 e. The molecule has 152 valence electrons. The quantitative estimate of drug-likeness (QED) is 0.638. The molecular weight excluding hydrogens is 354 g/mol. The van der Waals surface area contributed by atoms with Crippen molar-refractivity contribution in [1.82, 2.24) is 5.32 Å². The van der Waals surface area contributed by atoms with Crippen LogP contribution in [0.5, 0.6) is 11.5 Å². The number of carbonyl (C=O) groups is 1. The minimum Gasteiger partial charge on any atom is -0.508 e. The lowest BCUT2D eigenvalue weighted by Crippen LogP contribution is -2.66. The highest BCUT2D eigenvalue weighted by Crippen LogP contribution is 2.67. The zero-order valence-electron chi connectivity index (χ0n) is 17.3. The number of aliphatic hydroxyl groups excluding tert-OH is 1. The first-order valence-corrected chi connectivity index (χ1v) is 10.6. The number of benzene rings is 1. The van der Waals surface area contributed by atoms with Crippen LogP contribution in [0.25, 0.3) is 0 Å². The summed E-state index contributed by atoms with van der Waals surface area (Å²) in [5, 5.41) is 24.3. The molecule has 1 spiro atoms. The molecule has 28 heavy (non-hydrogen) atoms. The van der Waals surface area contributed by atoms with Gasteiger partial charge in [-0.15, -0.1) is 0 Å². The molecule has 5 atom stereocenters. The molecule has 1 aromatic rings. The molecule has 2 saturated carbocycles. The smallest absolute Gasteiger partial charge is 0.255 e. The van der Waals surface area contributed by atoms with Crippen molar-refractivity contribution in [2.75, 3.05) is 0 Å². The molecule has 0 saturated heterocycles. The average Bonchev–Trinajstić information content (AvgIpc) is 3.20. The minimum atomic E-state index is -0.453. The van der Waals surface area contributed by atoms with Gasteiger partial charge in [0.05, 0.1) is 11.7 Å². The Labute approximate surface area is 166 Å². The van der Waals surface area contributed by atoms with Gasteiger partial charge in [0.15, 0.2) is 0 Å². The van der Waals surface area contributed by atoms with Gasteiger partial charge in [-0.2, -0.15) is 0 Å². The Morgan fingerprint density at radius 1 is 1.21 bits per heavy atom. The number of ether oxygens (including phenoxy) is 1. The summed E-state index contributed by atoms with van der Waals surface area (Å²) in [6, 6.07) is 1.73. The summed E-state index contributed by atoms with van der Waals surface area (Å²) in [7, 11) is 0. The number of amides is 1. The Morgan fingerprint density at radius 2 is 1.96 bits per heavy atom. The molecule has 2 aliphatic carbocycles. The monoisotopic (exact) mass is 385 g/mol. The first-order valence-electron chi connectivity index (χ1n) is 10.6. The van der Waals surface area contributed by atoms with Crippen LogP contribution >= 0.6 is 0 Å². The standard InChI is InChI=1S/C23H31NO4/c1-12-5-6-16-21(2,3)17(26)7-8-22(16,4)23(12)10-14-15(25)9-13-11-24-20(27)18(13)19(14)28-23/h9,12,16-17,25-26H,5-8,10-11H2,1-4H3,(H,24,27)/t12-,16+,17-,22+,23-/m1/s1. The number of rotatable bonds is 0. The number of hydrogen-bond donors (Lipinski definition) is 3. The van der Waals surface area contributed by atoms with E-state index in [1.54, 1.807) is 6.07 Å². The number of fused-ring (bicyclic) bond motifs is 5. The van der Waals surface area contributed by atoms with E-state index >= 15 is 0 Å². The first-order chi connectivity index (χ1) is 13.1. The van der Waals surface area contributed by atoms with Crippen LogP contribution in [0, 0.1) is 22.7 Å². The average molecular weight is 386 g/mol. The van der Waals surface area contributed by atoms with Gasteiger partial charge in [-0.05, 0) is 54.6 Å². The van der Waals surface area contributed by atoms with E-state index in [-0.39, 0.29) is 28.6 Å². The van der Waals surface area contributed by atoms with Gasteiger partial charge in [0.1, 0.15) is 17.1 Å². The second-order valence-electron chi connectivity index (χ2n) is 10.4. The third-order valence-electron chi connectivity index (χ3n) is 8.95. The van der Waals surface area contributed by atoms with Crippen LogP contribution in [0.4, 0.5) is 0 Å². The number of aromatic hydroxyl groups is 1. The third kappa shape index (κ3) is 1.99. The van der Waals surface area contributed by atoms with Gasteiger partial charge in [-0.25, -0.2) is 0 Å². The summed E-state index contributed by atoms with van der Waals surface area (Å²) < 4.78 is 6.84. The van der Waals surface area contributed by atoms with E-state index in [2.05, 4.69) is 33.0 Å². The van der Waals surface area contributed by atoms with Gasteiger partial charge in [-0.1, -0.05) is 27.7 Å². The molecule has 4 aliphatic rings. The Morgan fingerprint density at radius 3 is 2.71 bits per heavy atom. The van der Waals surface area contributed by atoms with E-state index in [0.717, 1.165) is 36.8 Å². The van der Waals surface area contributed by atoms with Crippen LogP contribution in [0.2, 0.25) is 0 Å². The van der Waals surface area contributed by atoms with E-state index in [0.29, 0.717) is 36.1 Å². The van der Waals surface area contributed by atoms with Gasteiger partial charge in [0, 0.05) is 23.9 Å². The van der Waals surface area contributed by atoms with Crippen LogP contribution in [0.1, 0.15) is 74.9 Å². The molecule has 0 bridgehead atoms. The van der Waals surface area contributed by atoms with Crippen molar-refractivity contribution < 1.29 is 19.7 Å². The summed E-state index contributed by atoms with van der Waals surface area (Å²) in [6.07, 6.45) is 4.10. The highest BCUT2D eigenvalue weighted by Gasteiger charge is 2.67. The topological polar surface area (TPSA) is 78.8 Å². The number of nitrogens with one attached hydrogen (secondary N) is 1. The lowest BCUT2D eigenvalue weighted by atomic mass is 9.43. The number of aliphatic hydroxyl groups is 1. The maximum absolute atomic E-state index is 12.5. The summed E-state index contributed by atoms with van der Waals surface area (Å²) in [4.78, 5) is 12.5. The number of carbonyl (C=O) groups excluding carboxylic acids is 1. The lowest BCUT2D eigenvalue weighted by molar-refractivity contribution is -0.210. The second kappa shape index (κ2) is 5.44. The zero-order chi connectivity index (χ0) is 20.1. The van der Waals surface area contributed by atoms with Crippen molar-refractivity contribution in [1.29, 1.82) is 0 Å². The van der Waals surface area contributed by atoms with Gasteiger partial charge in [-0.3, -0.25) is 4.79 Å². The molecule has 0 aromatic heterocycles. The first kappa shape index (κ1) is 18.3. The zero-order valence-corrected chi connectivity index (χ0v) is 17.3. The lowest BCUT2D eigenvalue weighted by Gasteiger charge is -2.64. The van der Waals surface area contributed by atoms with Crippen LogP contribution in [-0.2, 0) is 13.0 Å². The maximum atomic E-state index is 12.5. The number of hydrogen-bond acceptors (Lipinski definition) is 4. The van der Waals surface area contributed by atoms with Crippen LogP contribution < -0.4 is 10.1 Å². The molecule has 5 heteroatoms. The van der Waals surface area contributed by atoms with Crippen molar-refractivity contribution in [2.45, 2.75) is 78.0 Å². The predicted octanol–water partition coefficient (Wildman–Crippen LogP) is 3.54. The molecule has 1 aromatic carbocycles. The molecule has 0 radical (unpaired) electrons. The van der Waals surface area contributed by atoms with E-state index in [1.165, 1.54) is 0 Å². The predicted molar refractivity (Wildman–Crippen MR) is 105 cm³/mol. The molecule has 5 rings (SSSR count). The number of phenols is 1. The van der Waals surface area contributed by atoms with Gasteiger partial charge in [0.25, 0.3) is 5.91 Å². The van der Waals surface area contributed by atoms with Crippen molar-refractivity contribution in [3.05, 3.63) is 22.8 Å². The largest absolute Gasteiger partial charge is 0.508 e. The fraction of sp³-hybridized carbons (Fsp3) is 0.696. The summed E-state index contributed by atoms with van der Waals surface area (Å²) in [5.41, 5.74) is 1.46. The molecular formula is C23H31NO4.